The molecule has 4 nitrogen and oxygen atoms in total. The number of aromatic hydroxyl groups is 1. The fourth-order valence-corrected chi connectivity index (χ4v) is 4.31. The summed E-state index contributed by atoms with van der Waals surface area (Å²) in [6.07, 6.45) is 0.0378. The number of hydrogen-bond donors (Lipinski definition) is 2. The van der Waals surface area contributed by atoms with Crippen molar-refractivity contribution < 1.29 is 18.7 Å². The van der Waals surface area contributed by atoms with Crippen molar-refractivity contribution in [1.29, 1.82) is 0 Å². The number of anilines is 1. The molecule has 0 aliphatic carbocycles. The van der Waals surface area contributed by atoms with E-state index in [9.17, 15) is 18.7 Å². The van der Waals surface area contributed by atoms with E-state index in [1.54, 1.807) is 36.4 Å². The third-order valence-electron chi connectivity index (χ3n) is 5.02. The second kappa shape index (κ2) is 9.28. The molecular weight excluding hydrogens is 430 g/mol. The molecule has 7 heteroatoms. The number of hydrogen-bond acceptors (Lipinski definition) is 5. The minimum Gasteiger partial charge on any atom is -0.508 e. The highest BCUT2D eigenvalue weighted by Crippen LogP contribution is 2.35. The maximum absolute atomic E-state index is 14.3. The molecule has 0 saturated carbocycles. The molecular formula is C25H20F2N2O2S. The number of phenols is 1. The zero-order chi connectivity index (χ0) is 22.7. The van der Waals surface area contributed by atoms with Gasteiger partial charge in [0.25, 0.3) is 0 Å². The molecule has 32 heavy (non-hydrogen) atoms. The monoisotopic (exact) mass is 450 g/mol. The molecule has 0 aliphatic heterocycles. The minimum absolute atomic E-state index is 0.00482. The normalized spacial score (nSPS) is 10.8. The van der Waals surface area contributed by atoms with Crippen LogP contribution in [0.25, 0.3) is 11.3 Å². The lowest BCUT2D eigenvalue weighted by Crippen LogP contribution is -2.00. The van der Waals surface area contributed by atoms with Crippen molar-refractivity contribution in [3.05, 3.63) is 99.9 Å². The van der Waals surface area contributed by atoms with Gasteiger partial charge in [0.05, 0.1) is 5.69 Å². The van der Waals surface area contributed by atoms with Crippen molar-refractivity contribution >= 4 is 22.3 Å². The Labute approximate surface area is 188 Å². The van der Waals surface area contributed by atoms with Crippen molar-refractivity contribution in [3.8, 4) is 17.0 Å². The predicted octanol–water partition coefficient (Wildman–Crippen LogP) is 6.20. The van der Waals surface area contributed by atoms with E-state index in [-0.39, 0.29) is 23.5 Å². The van der Waals surface area contributed by atoms with Gasteiger partial charge in [0.1, 0.15) is 17.4 Å². The summed E-state index contributed by atoms with van der Waals surface area (Å²) in [6.45, 7) is 1.99. The van der Waals surface area contributed by atoms with Crippen molar-refractivity contribution in [2.24, 2.45) is 0 Å². The molecule has 4 rings (SSSR count). The van der Waals surface area contributed by atoms with Crippen LogP contribution < -0.4 is 5.32 Å². The fraction of sp³-hybridized carbons (Fsp3) is 0.120. The number of phenolic OH excluding ortho intramolecular Hbond substituents is 1. The van der Waals surface area contributed by atoms with Crippen LogP contribution >= 0.6 is 11.3 Å². The molecule has 0 atom stereocenters. The molecule has 3 aromatic carbocycles. The lowest BCUT2D eigenvalue weighted by atomic mass is 10.1. The largest absolute Gasteiger partial charge is 0.508 e. The summed E-state index contributed by atoms with van der Waals surface area (Å²) in [7, 11) is 0. The first-order valence-corrected chi connectivity index (χ1v) is 10.8. The van der Waals surface area contributed by atoms with Gasteiger partial charge in [-0.05, 0) is 36.8 Å². The van der Waals surface area contributed by atoms with Crippen LogP contribution in [0.2, 0.25) is 0 Å². The van der Waals surface area contributed by atoms with Gasteiger partial charge < -0.3 is 10.4 Å². The van der Waals surface area contributed by atoms with E-state index in [2.05, 4.69) is 10.3 Å². The quantitative estimate of drug-likeness (QED) is 0.329. The molecule has 4 aromatic rings. The molecule has 0 unspecified atom stereocenters. The van der Waals surface area contributed by atoms with Gasteiger partial charge in [0.2, 0.25) is 0 Å². The van der Waals surface area contributed by atoms with Gasteiger partial charge in [0.15, 0.2) is 10.9 Å². The van der Waals surface area contributed by atoms with Crippen molar-refractivity contribution in [1.82, 2.24) is 4.98 Å². The molecule has 0 spiro atoms. The Morgan fingerprint density at radius 3 is 2.38 bits per heavy atom. The molecule has 162 valence electrons. The number of nitrogens with one attached hydrogen (secondary N) is 1. The van der Waals surface area contributed by atoms with Crippen LogP contribution in [0.4, 0.5) is 13.9 Å². The Balaban J connectivity index is 1.63. The summed E-state index contributed by atoms with van der Waals surface area (Å²) in [5.41, 5.74) is 2.80. The van der Waals surface area contributed by atoms with Crippen LogP contribution in [-0.4, -0.2) is 15.9 Å². The smallest absolute Gasteiger partial charge is 0.183 e. The number of carbonyl (C=O) groups is 1. The third-order valence-corrected chi connectivity index (χ3v) is 6.03. The van der Waals surface area contributed by atoms with Crippen molar-refractivity contribution in [2.45, 2.75) is 19.9 Å². The number of benzene rings is 3. The van der Waals surface area contributed by atoms with E-state index in [0.717, 1.165) is 5.56 Å². The van der Waals surface area contributed by atoms with Gasteiger partial charge in [-0.15, -0.1) is 11.3 Å². The SMILES string of the molecule is CC(=O)c1ccc(CNc2nc(-c3cccc(O)c3)c(Cc3c(F)cccc3F)s2)cc1. The first kappa shape index (κ1) is 21.6. The Hall–Kier alpha value is -3.58. The highest BCUT2D eigenvalue weighted by Gasteiger charge is 2.18. The lowest BCUT2D eigenvalue weighted by molar-refractivity contribution is 0.101. The maximum atomic E-state index is 14.3. The Bertz CT molecular complexity index is 1250. The number of rotatable bonds is 7. The molecule has 1 aromatic heterocycles. The highest BCUT2D eigenvalue weighted by atomic mass is 32.1. The van der Waals surface area contributed by atoms with Crippen LogP contribution in [0.1, 0.15) is 33.3 Å². The van der Waals surface area contributed by atoms with Gasteiger partial charge in [-0.25, -0.2) is 13.8 Å². The van der Waals surface area contributed by atoms with Gasteiger partial charge in [0, 0.05) is 34.5 Å². The number of Topliss-reactive ketones (excluding diaryl/α,β-unsaturated/α-hetero) is 1. The summed E-state index contributed by atoms with van der Waals surface area (Å²) >= 11 is 1.31. The van der Waals surface area contributed by atoms with Crippen LogP contribution in [0.3, 0.4) is 0 Å². The molecule has 0 fully saturated rings. The Morgan fingerprint density at radius 2 is 1.72 bits per heavy atom. The van der Waals surface area contributed by atoms with Crippen LogP contribution in [-0.2, 0) is 13.0 Å². The summed E-state index contributed by atoms with van der Waals surface area (Å²) < 4.78 is 28.5. The van der Waals surface area contributed by atoms with E-state index in [1.807, 2.05) is 12.1 Å². The number of thiazole rings is 1. The second-order valence-corrected chi connectivity index (χ2v) is 8.41. The zero-order valence-corrected chi connectivity index (χ0v) is 18.0. The first-order chi connectivity index (χ1) is 15.4. The number of carbonyl (C=O) groups excluding carboxylic acids is 1. The third kappa shape index (κ3) is 4.84. The maximum Gasteiger partial charge on any atom is 0.183 e. The molecule has 2 N–H and O–H groups in total. The van der Waals surface area contributed by atoms with Crippen LogP contribution in [0.15, 0.2) is 66.7 Å². The summed E-state index contributed by atoms with van der Waals surface area (Å²) in [6, 6.07) is 17.7. The zero-order valence-electron chi connectivity index (χ0n) is 17.2. The first-order valence-electron chi connectivity index (χ1n) is 9.96. The minimum atomic E-state index is -0.611. The topological polar surface area (TPSA) is 62.2 Å². The molecule has 0 aliphatic rings. The molecule has 0 bridgehead atoms. The standard InChI is InChI=1S/C25H20F2N2O2S/c1-15(30)17-10-8-16(9-11-17)14-28-25-29-24(18-4-2-5-19(31)12-18)23(32-25)13-20-21(26)6-3-7-22(20)27/h2-12,31H,13-14H2,1H3,(H,28,29). The number of halogens is 2. The molecule has 0 amide bonds. The van der Waals surface area contributed by atoms with E-state index >= 15 is 0 Å². The second-order valence-electron chi connectivity index (χ2n) is 7.32. The summed E-state index contributed by atoms with van der Waals surface area (Å²) in [4.78, 5) is 16.7. The van der Waals surface area contributed by atoms with E-state index < -0.39 is 11.6 Å². The van der Waals surface area contributed by atoms with E-state index in [4.69, 9.17) is 0 Å². The van der Waals surface area contributed by atoms with Crippen LogP contribution in [0, 0.1) is 11.6 Å². The number of ketones is 1. The lowest BCUT2D eigenvalue weighted by Gasteiger charge is -2.06. The van der Waals surface area contributed by atoms with Crippen molar-refractivity contribution in [3.63, 3.8) is 0 Å². The fourth-order valence-electron chi connectivity index (χ4n) is 3.32. The Morgan fingerprint density at radius 1 is 1.03 bits per heavy atom. The summed E-state index contributed by atoms with van der Waals surface area (Å²) in [5, 5.41) is 13.7. The highest BCUT2D eigenvalue weighted by molar-refractivity contribution is 7.16. The van der Waals surface area contributed by atoms with Crippen LogP contribution in [0.5, 0.6) is 5.75 Å². The van der Waals surface area contributed by atoms with E-state index in [1.165, 1.54) is 36.5 Å². The number of nitrogens with zero attached hydrogens (tertiary/aromatic N) is 1. The molecule has 1 heterocycles. The van der Waals surface area contributed by atoms with Gasteiger partial charge in [-0.3, -0.25) is 4.79 Å². The predicted molar refractivity (Wildman–Crippen MR) is 122 cm³/mol. The molecule has 0 saturated heterocycles. The van der Waals surface area contributed by atoms with Crippen molar-refractivity contribution in [2.75, 3.05) is 5.32 Å². The average molecular weight is 451 g/mol. The number of aromatic nitrogens is 1. The van der Waals surface area contributed by atoms with Gasteiger partial charge in [-0.1, -0.05) is 42.5 Å². The summed E-state index contributed by atoms with van der Waals surface area (Å²) in [5.74, 6) is -1.13. The average Bonchev–Trinajstić information content (AvgIpc) is 3.18. The Kier molecular flexibility index (Phi) is 6.28. The molecule has 0 radical (unpaired) electrons. The van der Waals surface area contributed by atoms with Gasteiger partial charge in [-0.2, -0.15) is 0 Å². The van der Waals surface area contributed by atoms with Gasteiger partial charge >= 0.3 is 0 Å². The van der Waals surface area contributed by atoms with E-state index in [0.29, 0.717) is 33.4 Å².